The number of nitrogens with zero attached hydrogens (tertiary/aromatic N) is 1. The maximum Gasteiger partial charge on any atom is 0.250 e. The molecule has 68 valence electrons. The summed E-state index contributed by atoms with van der Waals surface area (Å²) in [7, 11) is 0. The summed E-state index contributed by atoms with van der Waals surface area (Å²) in [5, 5.41) is 0. The highest BCUT2D eigenvalue weighted by molar-refractivity contribution is 4.93. The first-order valence-electron chi connectivity index (χ1n) is 4.43. The van der Waals surface area contributed by atoms with Crippen LogP contribution in [0.1, 0.15) is 19.3 Å². The van der Waals surface area contributed by atoms with Crippen molar-refractivity contribution in [3.8, 4) is 12.3 Å². The van der Waals surface area contributed by atoms with E-state index in [1.165, 1.54) is 0 Å². The summed E-state index contributed by atoms with van der Waals surface area (Å²) in [5.41, 5.74) is 0.0585. The van der Waals surface area contributed by atoms with E-state index in [1.54, 1.807) is 22.9 Å². The number of pyridine rings is 1. The summed E-state index contributed by atoms with van der Waals surface area (Å²) >= 11 is 0. The van der Waals surface area contributed by atoms with Crippen LogP contribution in [0, 0.1) is 12.3 Å². The number of aromatic nitrogens is 1. The van der Waals surface area contributed by atoms with Gasteiger partial charge in [-0.1, -0.05) is 6.07 Å². The van der Waals surface area contributed by atoms with Gasteiger partial charge in [-0.2, -0.15) is 0 Å². The fourth-order valence-corrected chi connectivity index (χ4v) is 1.15. The second-order valence-corrected chi connectivity index (χ2v) is 2.89. The molecule has 0 aromatic carbocycles. The lowest BCUT2D eigenvalue weighted by atomic mass is 10.2. The molecule has 0 aliphatic carbocycles. The second kappa shape index (κ2) is 5.21. The predicted molar refractivity (Wildman–Crippen MR) is 53.4 cm³/mol. The first kappa shape index (κ1) is 9.60. The number of hydrogen-bond acceptors (Lipinski definition) is 1. The third-order valence-corrected chi connectivity index (χ3v) is 1.87. The molecule has 0 radical (unpaired) electrons. The van der Waals surface area contributed by atoms with E-state index in [-0.39, 0.29) is 5.56 Å². The third-order valence-electron chi connectivity index (χ3n) is 1.87. The lowest BCUT2D eigenvalue weighted by Gasteiger charge is -2.02. The molecule has 0 saturated carbocycles. The van der Waals surface area contributed by atoms with Crippen molar-refractivity contribution in [2.45, 2.75) is 25.8 Å². The summed E-state index contributed by atoms with van der Waals surface area (Å²) in [4.78, 5) is 11.2. The van der Waals surface area contributed by atoms with Gasteiger partial charge >= 0.3 is 0 Å². The van der Waals surface area contributed by atoms with Gasteiger partial charge in [-0.15, -0.1) is 12.3 Å². The summed E-state index contributed by atoms with van der Waals surface area (Å²) in [5.74, 6) is 2.58. The molecule has 0 unspecified atom stereocenters. The van der Waals surface area contributed by atoms with Crippen LogP contribution in [0.2, 0.25) is 0 Å². The van der Waals surface area contributed by atoms with E-state index < -0.39 is 0 Å². The third kappa shape index (κ3) is 3.16. The maximum atomic E-state index is 11.2. The number of hydrogen-bond donors (Lipinski definition) is 0. The largest absolute Gasteiger partial charge is 0.316 e. The van der Waals surface area contributed by atoms with Crippen LogP contribution in [0.25, 0.3) is 0 Å². The van der Waals surface area contributed by atoms with Gasteiger partial charge in [0, 0.05) is 25.2 Å². The minimum absolute atomic E-state index is 0.0585. The topological polar surface area (TPSA) is 22.0 Å². The summed E-state index contributed by atoms with van der Waals surface area (Å²) in [6.45, 7) is 0.765. The molecule has 1 aromatic heterocycles. The molecule has 0 amide bonds. The van der Waals surface area contributed by atoms with Crippen molar-refractivity contribution >= 4 is 0 Å². The van der Waals surface area contributed by atoms with Crippen LogP contribution in [-0.2, 0) is 6.54 Å². The molecule has 0 aliphatic heterocycles. The normalized spacial score (nSPS) is 9.46. The Kier molecular flexibility index (Phi) is 3.84. The van der Waals surface area contributed by atoms with Gasteiger partial charge in [0.15, 0.2) is 0 Å². The Morgan fingerprint density at radius 3 is 2.92 bits per heavy atom. The quantitative estimate of drug-likeness (QED) is 0.504. The monoisotopic (exact) mass is 175 g/mol. The van der Waals surface area contributed by atoms with Crippen molar-refractivity contribution in [2.24, 2.45) is 0 Å². The fourth-order valence-electron chi connectivity index (χ4n) is 1.15. The molecule has 0 spiro atoms. The molecule has 1 heterocycles. The van der Waals surface area contributed by atoms with E-state index >= 15 is 0 Å². The highest BCUT2D eigenvalue weighted by Gasteiger charge is 1.92. The van der Waals surface area contributed by atoms with Crippen LogP contribution in [0.3, 0.4) is 0 Å². The fraction of sp³-hybridized carbons (Fsp3) is 0.364. The number of unbranched alkanes of at least 4 members (excludes halogenated alkanes) is 2. The Balaban J connectivity index is 2.42. The standard InChI is InChI=1S/C11H13NO/c1-2-3-4-6-9-12-10-7-5-8-11(12)13/h1,5,7-8,10H,3-4,6,9H2. The van der Waals surface area contributed by atoms with Crippen molar-refractivity contribution < 1.29 is 0 Å². The van der Waals surface area contributed by atoms with Gasteiger partial charge in [0.25, 0.3) is 0 Å². The zero-order valence-corrected chi connectivity index (χ0v) is 7.57. The van der Waals surface area contributed by atoms with Crippen LogP contribution in [0.5, 0.6) is 0 Å². The zero-order valence-electron chi connectivity index (χ0n) is 7.57. The first-order valence-corrected chi connectivity index (χ1v) is 4.43. The lowest BCUT2D eigenvalue weighted by molar-refractivity contribution is 0.600. The zero-order chi connectivity index (χ0) is 9.52. The maximum absolute atomic E-state index is 11.2. The highest BCUT2D eigenvalue weighted by atomic mass is 16.1. The van der Waals surface area contributed by atoms with Gasteiger partial charge in [0.1, 0.15) is 0 Å². The molecule has 1 rings (SSSR count). The van der Waals surface area contributed by atoms with Crippen LogP contribution < -0.4 is 5.56 Å². The molecule has 0 fully saturated rings. The Morgan fingerprint density at radius 1 is 1.38 bits per heavy atom. The van der Waals surface area contributed by atoms with Gasteiger partial charge in [-0.05, 0) is 18.9 Å². The number of rotatable bonds is 4. The second-order valence-electron chi connectivity index (χ2n) is 2.89. The molecule has 0 saturated heterocycles. The van der Waals surface area contributed by atoms with Crippen LogP contribution in [-0.4, -0.2) is 4.57 Å². The van der Waals surface area contributed by atoms with E-state index in [2.05, 4.69) is 5.92 Å². The van der Waals surface area contributed by atoms with Crippen molar-refractivity contribution in [1.29, 1.82) is 0 Å². The van der Waals surface area contributed by atoms with Gasteiger partial charge in [0.2, 0.25) is 5.56 Å². The molecule has 0 bridgehead atoms. The Morgan fingerprint density at radius 2 is 2.23 bits per heavy atom. The van der Waals surface area contributed by atoms with E-state index in [0.717, 1.165) is 25.8 Å². The highest BCUT2D eigenvalue weighted by Crippen LogP contribution is 1.95. The predicted octanol–water partition coefficient (Wildman–Crippen LogP) is 1.65. The first-order chi connectivity index (χ1) is 6.34. The molecule has 13 heavy (non-hydrogen) atoms. The Hall–Kier alpha value is -1.49. The minimum atomic E-state index is 0.0585. The van der Waals surface area contributed by atoms with E-state index in [4.69, 9.17) is 6.42 Å². The van der Waals surface area contributed by atoms with Crippen molar-refractivity contribution in [3.63, 3.8) is 0 Å². The SMILES string of the molecule is C#CCCCCn1ccccc1=O. The Labute approximate surface area is 78.2 Å². The van der Waals surface area contributed by atoms with Crippen molar-refractivity contribution in [2.75, 3.05) is 0 Å². The summed E-state index contributed by atoms with van der Waals surface area (Å²) < 4.78 is 1.70. The van der Waals surface area contributed by atoms with E-state index in [0.29, 0.717) is 0 Å². The molecule has 2 heteroatoms. The minimum Gasteiger partial charge on any atom is -0.316 e. The lowest BCUT2D eigenvalue weighted by Crippen LogP contribution is -2.17. The van der Waals surface area contributed by atoms with Gasteiger partial charge < -0.3 is 4.57 Å². The van der Waals surface area contributed by atoms with Gasteiger partial charge in [-0.25, -0.2) is 0 Å². The average molecular weight is 175 g/mol. The van der Waals surface area contributed by atoms with Crippen molar-refractivity contribution in [3.05, 3.63) is 34.7 Å². The van der Waals surface area contributed by atoms with Gasteiger partial charge in [0.05, 0.1) is 0 Å². The molecule has 1 aromatic rings. The van der Waals surface area contributed by atoms with Crippen LogP contribution in [0.15, 0.2) is 29.2 Å². The number of terminal acetylenes is 1. The smallest absolute Gasteiger partial charge is 0.250 e. The van der Waals surface area contributed by atoms with E-state index in [9.17, 15) is 4.79 Å². The molecule has 2 nitrogen and oxygen atoms in total. The van der Waals surface area contributed by atoms with Crippen LogP contribution in [0.4, 0.5) is 0 Å². The van der Waals surface area contributed by atoms with Gasteiger partial charge in [-0.3, -0.25) is 4.79 Å². The molecule has 0 N–H and O–H groups in total. The summed E-state index contributed by atoms with van der Waals surface area (Å²) in [6, 6.07) is 5.18. The molecular weight excluding hydrogens is 162 g/mol. The molecular formula is C11H13NO. The van der Waals surface area contributed by atoms with E-state index in [1.807, 2.05) is 6.07 Å². The average Bonchev–Trinajstić information content (AvgIpc) is 2.15. The Bertz CT molecular complexity index is 346. The summed E-state index contributed by atoms with van der Waals surface area (Å²) in [6.07, 6.45) is 9.67. The van der Waals surface area contributed by atoms with Crippen molar-refractivity contribution in [1.82, 2.24) is 4.57 Å². The van der Waals surface area contributed by atoms with Crippen LogP contribution >= 0.6 is 0 Å². The molecule has 0 aliphatic rings. The number of aryl methyl sites for hydroxylation is 1. The molecule has 0 atom stereocenters.